The van der Waals surface area contributed by atoms with E-state index in [0.717, 1.165) is 6.42 Å². The lowest BCUT2D eigenvalue weighted by Crippen LogP contribution is -2.53. The summed E-state index contributed by atoms with van der Waals surface area (Å²) in [4.78, 5) is 28.6. The summed E-state index contributed by atoms with van der Waals surface area (Å²) < 4.78 is 18.3. The molecule has 2 amide bonds. The van der Waals surface area contributed by atoms with Crippen molar-refractivity contribution in [2.45, 2.75) is 12.5 Å². The molecule has 1 N–H and O–H groups in total. The van der Waals surface area contributed by atoms with Gasteiger partial charge in [0.15, 0.2) is 0 Å². The van der Waals surface area contributed by atoms with E-state index < -0.39 is 0 Å². The molecule has 0 saturated carbocycles. The van der Waals surface area contributed by atoms with Crippen LogP contribution in [0.5, 0.6) is 0 Å². The normalized spacial score (nSPS) is 21.2. The summed E-state index contributed by atoms with van der Waals surface area (Å²) in [6, 6.07) is 5.27. The van der Waals surface area contributed by atoms with Crippen LogP contribution in [0.4, 0.5) is 4.39 Å². The van der Waals surface area contributed by atoms with Gasteiger partial charge in [-0.2, -0.15) is 0 Å². The third kappa shape index (κ3) is 4.90. The second kappa shape index (κ2) is 9.12. The first-order valence-corrected chi connectivity index (χ1v) is 8.30. The second-order valence-corrected chi connectivity index (χ2v) is 6.06. The number of morpholine rings is 1. The molecule has 2 fully saturated rings. The average Bonchev–Trinajstić information content (AvgIpc) is 2.88. The molecule has 0 aromatic heterocycles. The van der Waals surface area contributed by atoms with E-state index in [0.29, 0.717) is 51.5 Å². The molecule has 2 saturated heterocycles. The molecule has 2 heterocycles. The van der Waals surface area contributed by atoms with E-state index in [1.165, 1.54) is 24.3 Å². The van der Waals surface area contributed by atoms with Crippen molar-refractivity contribution in [3.05, 3.63) is 35.6 Å². The summed E-state index contributed by atoms with van der Waals surface area (Å²) in [5.74, 6) is -0.449. The van der Waals surface area contributed by atoms with Gasteiger partial charge in [0, 0.05) is 38.3 Å². The minimum Gasteiger partial charge on any atom is -0.378 e. The van der Waals surface area contributed by atoms with E-state index in [1.54, 1.807) is 9.80 Å². The van der Waals surface area contributed by atoms with E-state index in [-0.39, 0.29) is 36.1 Å². The molecule has 2 aliphatic rings. The maximum Gasteiger partial charge on any atom is 0.253 e. The third-order valence-electron chi connectivity index (χ3n) is 4.41. The molecule has 3 rings (SSSR count). The van der Waals surface area contributed by atoms with Gasteiger partial charge in [0.2, 0.25) is 5.91 Å². The number of nitrogens with one attached hydrogen (secondary N) is 1. The summed E-state index contributed by atoms with van der Waals surface area (Å²) in [7, 11) is 0. The molecule has 6 nitrogen and oxygen atoms in total. The van der Waals surface area contributed by atoms with Crippen molar-refractivity contribution in [3.8, 4) is 0 Å². The van der Waals surface area contributed by atoms with E-state index in [2.05, 4.69) is 5.32 Å². The molecule has 0 spiro atoms. The summed E-state index contributed by atoms with van der Waals surface area (Å²) in [5.41, 5.74) is 0.471. The Labute approximate surface area is 152 Å². The van der Waals surface area contributed by atoms with Crippen molar-refractivity contribution in [1.82, 2.24) is 15.1 Å². The Morgan fingerprint density at radius 1 is 1.08 bits per heavy atom. The molecule has 0 aliphatic carbocycles. The van der Waals surface area contributed by atoms with Crippen molar-refractivity contribution >= 4 is 24.2 Å². The Hall–Kier alpha value is -1.70. The Morgan fingerprint density at radius 2 is 1.76 bits per heavy atom. The molecule has 0 radical (unpaired) electrons. The van der Waals surface area contributed by atoms with Gasteiger partial charge in [0.1, 0.15) is 11.9 Å². The lowest BCUT2D eigenvalue weighted by atomic mass is 10.2. The Kier molecular flexibility index (Phi) is 7.16. The smallest absolute Gasteiger partial charge is 0.253 e. The van der Waals surface area contributed by atoms with E-state index in [1.807, 2.05) is 0 Å². The maximum atomic E-state index is 13.0. The predicted octanol–water partition coefficient (Wildman–Crippen LogP) is 0.910. The van der Waals surface area contributed by atoms with E-state index in [4.69, 9.17) is 4.74 Å². The molecule has 1 aromatic rings. The molecule has 1 aromatic carbocycles. The fraction of sp³-hybridized carbons (Fsp3) is 0.529. The number of ether oxygens (including phenoxy) is 1. The largest absolute Gasteiger partial charge is 0.378 e. The van der Waals surface area contributed by atoms with Gasteiger partial charge in [-0.25, -0.2) is 4.39 Å². The highest BCUT2D eigenvalue weighted by atomic mass is 35.5. The number of hydrogen-bond acceptors (Lipinski definition) is 4. The highest BCUT2D eigenvalue weighted by Crippen LogP contribution is 2.11. The van der Waals surface area contributed by atoms with E-state index >= 15 is 0 Å². The van der Waals surface area contributed by atoms with Gasteiger partial charge in [0.25, 0.3) is 5.91 Å². The van der Waals surface area contributed by atoms with Crippen molar-refractivity contribution < 1.29 is 18.7 Å². The van der Waals surface area contributed by atoms with Crippen molar-refractivity contribution in [2.75, 3.05) is 45.9 Å². The molecule has 0 bridgehead atoms. The SMILES string of the molecule is Cl.O=C(c1ccc(F)cc1)N1CCCN(C(=O)C2COCCN2)CC1. The van der Waals surface area contributed by atoms with E-state index in [9.17, 15) is 14.0 Å². The minimum atomic E-state index is -0.360. The van der Waals surface area contributed by atoms with Gasteiger partial charge in [-0.15, -0.1) is 12.4 Å². The highest BCUT2D eigenvalue weighted by molar-refractivity contribution is 5.94. The highest BCUT2D eigenvalue weighted by Gasteiger charge is 2.28. The molecule has 2 aliphatic heterocycles. The van der Waals surface area contributed by atoms with Gasteiger partial charge in [0.05, 0.1) is 13.2 Å². The van der Waals surface area contributed by atoms with Crippen LogP contribution in [0.2, 0.25) is 0 Å². The topological polar surface area (TPSA) is 61.9 Å². The molecule has 25 heavy (non-hydrogen) atoms. The summed E-state index contributed by atoms with van der Waals surface area (Å²) in [5, 5.41) is 3.17. The number of halogens is 2. The van der Waals surface area contributed by atoms with Crippen LogP contribution in [0.25, 0.3) is 0 Å². The average molecular weight is 372 g/mol. The van der Waals surface area contributed by atoms with Crippen LogP contribution in [0.3, 0.4) is 0 Å². The van der Waals surface area contributed by atoms with Crippen LogP contribution < -0.4 is 5.32 Å². The Bertz CT molecular complexity index is 593. The standard InChI is InChI=1S/C17H22FN3O3.ClH/c18-14-4-2-13(3-5-14)16(22)20-7-1-8-21(10-9-20)17(23)15-12-24-11-6-19-15;/h2-5,15,19H,1,6-12H2;1H. The minimum absolute atomic E-state index is 0. The van der Waals surface area contributed by atoms with Crippen LogP contribution in [0, 0.1) is 5.82 Å². The fourth-order valence-corrected chi connectivity index (χ4v) is 3.06. The number of rotatable bonds is 2. The zero-order valence-electron chi connectivity index (χ0n) is 13.9. The van der Waals surface area contributed by atoms with Crippen molar-refractivity contribution in [3.63, 3.8) is 0 Å². The maximum absolute atomic E-state index is 13.0. The van der Waals surface area contributed by atoms with Crippen LogP contribution >= 0.6 is 12.4 Å². The van der Waals surface area contributed by atoms with Gasteiger partial charge in [-0.05, 0) is 30.7 Å². The number of amides is 2. The van der Waals surface area contributed by atoms with Gasteiger partial charge < -0.3 is 19.9 Å². The number of nitrogens with zero attached hydrogens (tertiary/aromatic N) is 2. The quantitative estimate of drug-likeness (QED) is 0.839. The first kappa shape index (κ1) is 19.6. The summed E-state index contributed by atoms with van der Waals surface area (Å²) in [6.45, 7) is 3.91. The molecule has 8 heteroatoms. The number of carbonyl (C=O) groups excluding carboxylic acids is 2. The summed E-state index contributed by atoms with van der Waals surface area (Å²) in [6.07, 6.45) is 0.728. The summed E-state index contributed by atoms with van der Waals surface area (Å²) >= 11 is 0. The second-order valence-electron chi connectivity index (χ2n) is 6.06. The van der Waals surface area contributed by atoms with Crippen LogP contribution in [0.1, 0.15) is 16.8 Å². The van der Waals surface area contributed by atoms with Crippen molar-refractivity contribution in [2.24, 2.45) is 0 Å². The van der Waals surface area contributed by atoms with Gasteiger partial charge in [-0.1, -0.05) is 0 Å². The fourth-order valence-electron chi connectivity index (χ4n) is 3.06. The lowest BCUT2D eigenvalue weighted by molar-refractivity contribution is -0.136. The first-order valence-electron chi connectivity index (χ1n) is 8.30. The Morgan fingerprint density at radius 3 is 2.44 bits per heavy atom. The number of hydrogen-bond donors (Lipinski definition) is 1. The van der Waals surface area contributed by atoms with Gasteiger partial charge >= 0.3 is 0 Å². The van der Waals surface area contributed by atoms with Gasteiger partial charge in [-0.3, -0.25) is 9.59 Å². The Balaban J connectivity index is 0.00000225. The van der Waals surface area contributed by atoms with Crippen LogP contribution in [-0.4, -0.2) is 73.6 Å². The molecule has 1 atom stereocenters. The lowest BCUT2D eigenvalue weighted by Gasteiger charge is -2.29. The number of carbonyl (C=O) groups is 2. The zero-order valence-corrected chi connectivity index (χ0v) is 14.8. The predicted molar refractivity (Wildman–Crippen MR) is 93.4 cm³/mol. The zero-order chi connectivity index (χ0) is 16.9. The monoisotopic (exact) mass is 371 g/mol. The molecular weight excluding hydrogens is 349 g/mol. The molecular formula is C17H23ClFN3O3. The molecule has 1 unspecified atom stereocenters. The van der Waals surface area contributed by atoms with Crippen LogP contribution in [-0.2, 0) is 9.53 Å². The first-order chi connectivity index (χ1) is 11.6. The third-order valence-corrected chi connectivity index (χ3v) is 4.41. The molecule has 138 valence electrons. The van der Waals surface area contributed by atoms with Crippen LogP contribution in [0.15, 0.2) is 24.3 Å². The number of benzene rings is 1. The van der Waals surface area contributed by atoms with Crippen molar-refractivity contribution in [1.29, 1.82) is 0 Å².